The summed E-state index contributed by atoms with van der Waals surface area (Å²) in [6.07, 6.45) is 0.569. The molecule has 1 aromatic rings. The maximum absolute atomic E-state index is 11.4. The highest BCUT2D eigenvalue weighted by molar-refractivity contribution is 5.72. The lowest BCUT2D eigenvalue weighted by Crippen LogP contribution is -2.52. The molecule has 2 atom stereocenters. The topological polar surface area (TPSA) is 78.9 Å². The number of carbonyl (C=O) groups excluding carboxylic acids is 1. The number of nitrogens with zero attached hydrogens (tertiary/aromatic N) is 1. The summed E-state index contributed by atoms with van der Waals surface area (Å²) in [6, 6.07) is 10.00. The predicted molar refractivity (Wildman–Crippen MR) is 81.3 cm³/mol. The molecule has 6 heteroatoms. The fraction of sp³-hybridized carbons (Fsp3) is 0.500. The first kappa shape index (κ1) is 16.5. The van der Waals surface area contributed by atoms with Gasteiger partial charge in [-0.1, -0.05) is 30.3 Å². The SMILES string of the molecule is COC(=O)CN1CC(NCc2ccccc2)CC(C(=O)O)C1. The van der Waals surface area contributed by atoms with Gasteiger partial charge in [0, 0.05) is 25.7 Å². The van der Waals surface area contributed by atoms with Crippen LogP contribution in [0.15, 0.2) is 30.3 Å². The van der Waals surface area contributed by atoms with Crippen LogP contribution in [0.1, 0.15) is 12.0 Å². The average Bonchev–Trinajstić information content (AvgIpc) is 2.53. The van der Waals surface area contributed by atoms with E-state index in [9.17, 15) is 14.7 Å². The van der Waals surface area contributed by atoms with Crippen LogP contribution in [-0.4, -0.2) is 54.7 Å². The monoisotopic (exact) mass is 306 g/mol. The molecule has 0 amide bonds. The number of piperidine rings is 1. The standard InChI is InChI=1S/C16H22N2O4/c1-22-15(19)11-18-9-13(16(20)21)7-14(10-18)17-8-12-5-3-2-4-6-12/h2-6,13-14,17H,7-11H2,1H3,(H,20,21). The Bertz CT molecular complexity index is 506. The Morgan fingerprint density at radius 3 is 2.68 bits per heavy atom. The Morgan fingerprint density at radius 2 is 2.05 bits per heavy atom. The van der Waals surface area contributed by atoms with Crippen molar-refractivity contribution in [2.45, 2.75) is 19.0 Å². The molecule has 1 saturated heterocycles. The van der Waals surface area contributed by atoms with E-state index in [-0.39, 0.29) is 18.6 Å². The fourth-order valence-electron chi connectivity index (χ4n) is 2.75. The first-order chi connectivity index (χ1) is 10.6. The molecule has 2 unspecified atom stereocenters. The van der Waals surface area contributed by atoms with E-state index < -0.39 is 11.9 Å². The number of rotatable bonds is 6. The zero-order valence-electron chi connectivity index (χ0n) is 12.7. The van der Waals surface area contributed by atoms with E-state index in [0.29, 0.717) is 26.1 Å². The molecule has 0 aliphatic carbocycles. The van der Waals surface area contributed by atoms with Crippen LogP contribution in [0.4, 0.5) is 0 Å². The van der Waals surface area contributed by atoms with Crippen molar-refractivity contribution in [1.29, 1.82) is 0 Å². The van der Waals surface area contributed by atoms with Crippen LogP contribution in [0, 0.1) is 5.92 Å². The number of ether oxygens (including phenoxy) is 1. The summed E-state index contributed by atoms with van der Waals surface area (Å²) in [6.45, 7) is 1.84. The highest BCUT2D eigenvalue weighted by Crippen LogP contribution is 2.18. The molecule has 1 heterocycles. The summed E-state index contributed by atoms with van der Waals surface area (Å²) in [5, 5.41) is 12.7. The van der Waals surface area contributed by atoms with Crippen LogP contribution in [0.2, 0.25) is 0 Å². The van der Waals surface area contributed by atoms with Gasteiger partial charge in [0.1, 0.15) is 0 Å². The van der Waals surface area contributed by atoms with Crippen molar-refractivity contribution in [3.63, 3.8) is 0 Å². The third kappa shape index (κ3) is 4.82. The molecule has 1 aliphatic heterocycles. The summed E-state index contributed by atoms with van der Waals surface area (Å²) in [5.74, 6) is -1.62. The number of hydrogen-bond donors (Lipinski definition) is 2. The Labute approximate surface area is 130 Å². The second kappa shape index (κ2) is 7.91. The summed E-state index contributed by atoms with van der Waals surface area (Å²) in [5.41, 5.74) is 1.15. The molecule has 2 rings (SSSR count). The normalized spacial score (nSPS) is 22.2. The summed E-state index contributed by atoms with van der Waals surface area (Å²) in [4.78, 5) is 24.6. The van der Waals surface area contributed by atoms with E-state index >= 15 is 0 Å². The lowest BCUT2D eigenvalue weighted by atomic mass is 9.94. The number of carboxylic acids is 1. The quantitative estimate of drug-likeness (QED) is 0.754. The van der Waals surface area contributed by atoms with Gasteiger partial charge in [0.25, 0.3) is 0 Å². The first-order valence-corrected chi connectivity index (χ1v) is 7.37. The van der Waals surface area contributed by atoms with Crippen molar-refractivity contribution in [3.05, 3.63) is 35.9 Å². The van der Waals surface area contributed by atoms with E-state index in [1.165, 1.54) is 7.11 Å². The van der Waals surface area contributed by atoms with E-state index in [1.54, 1.807) is 0 Å². The summed E-state index contributed by atoms with van der Waals surface area (Å²) < 4.78 is 4.66. The Hall–Kier alpha value is -1.92. The number of esters is 1. The van der Waals surface area contributed by atoms with Gasteiger partial charge >= 0.3 is 11.9 Å². The Balaban J connectivity index is 1.93. The number of methoxy groups -OCH3 is 1. The van der Waals surface area contributed by atoms with Gasteiger partial charge in [-0.15, -0.1) is 0 Å². The third-order valence-electron chi connectivity index (χ3n) is 3.89. The van der Waals surface area contributed by atoms with Gasteiger partial charge in [-0.3, -0.25) is 14.5 Å². The molecular weight excluding hydrogens is 284 g/mol. The summed E-state index contributed by atoms with van der Waals surface area (Å²) >= 11 is 0. The first-order valence-electron chi connectivity index (χ1n) is 7.37. The number of aliphatic carboxylic acids is 1. The molecule has 0 spiro atoms. The Morgan fingerprint density at radius 1 is 1.32 bits per heavy atom. The van der Waals surface area contributed by atoms with E-state index in [0.717, 1.165) is 5.56 Å². The van der Waals surface area contributed by atoms with Crippen molar-refractivity contribution in [2.75, 3.05) is 26.7 Å². The predicted octanol–water partition coefficient (Wildman–Crippen LogP) is 0.724. The molecule has 1 aliphatic rings. The van der Waals surface area contributed by atoms with E-state index in [4.69, 9.17) is 0 Å². The number of carbonyl (C=O) groups is 2. The van der Waals surface area contributed by atoms with Crippen LogP contribution < -0.4 is 5.32 Å². The molecule has 1 aromatic carbocycles. The van der Waals surface area contributed by atoms with Crippen LogP contribution in [0.25, 0.3) is 0 Å². The van der Waals surface area contributed by atoms with Gasteiger partial charge in [-0.25, -0.2) is 0 Å². The highest BCUT2D eigenvalue weighted by Gasteiger charge is 2.32. The fourth-order valence-corrected chi connectivity index (χ4v) is 2.75. The number of likely N-dealkylation sites (tertiary alicyclic amines) is 1. The molecule has 120 valence electrons. The summed E-state index contributed by atoms with van der Waals surface area (Å²) in [7, 11) is 1.34. The second-order valence-electron chi connectivity index (χ2n) is 5.60. The molecule has 1 fully saturated rings. The van der Waals surface area contributed by atoms with Crippen LogP contribution in [0.3, 0.4) is 0 Å². The Kier molecular flexibility index (Phi) is 5.91. The van der Waals surface area contributed by atoms with Crippen LogP contribution in [0.5, 0.6) is 0 Å². The van der Waals surface area contributed by atoms with Gasteiger partial charge < -0.3 is 15.2 Å². The molecule has 22 heavy (non-hydrogen) atoms. The molecule has 0 saturated carbocycles. The average molecular weight is 306 g/mol. The third-order valence-corrected chi connectivity index (χ3v) is 3.89. The van der Waals surface area contributed by atoms with Gasteiger partial charge in [-0.2, -0.15) is 0 Å². The van der Waals surface area contributed by atoms with Crippen molar-refractivity contribution in [3.8, 4) is 0 Å². The highest BCUT2D eigenvalue weighted by atomic mass is 16.5. The second-order valence-corrected chi connectivity index (χ2v) is 5.60. The molecule has 0 aromatic heterocycles. The minimum Gasteiger partial charge on any atom is -0.481 e. The smallest absolute Gasteiger partial charge is 0.319 e. The van der Waals surface area contributed by atoms with E-state index in [1.807, 2.05) is 35.2 Å². The van der Waals surface area contributed by atoms with Crippen molar-refractivity contribution < 1.29 is 19.4 Å². The van der Waals surface area contributed by atoms with Gasteiger partial charge in [0.2, 0.25) is 0 Å². The zero-order chi connectivity index (χ0) is 15.9. The number of benzene rings is 1. The molecule has 0 radical (unpaired) electrons. The number of nitrogens with one attached hydrogen (secondary N) is 1. The maximum atomic E-state index is 11.4. The lowest BCUT2D eigenvalue weighted by molar-refractivity contribution is -0.148. The lowest BCUT2D eigenvalue weighted by Gasteiger charge is -2.36. The van der Waals surface area contributed by atoms with Crippen LogP contribution in [-0.2, 0) is 20.9 Å². The largest absolute Gasteiger partial charge is 0.481 e. The van der Waals surface area contributed by atoms with Crippen molar-refractivity contribution >= 4 is 11.9 Å². The van der Waals surface area contributed by atoms with Gasteiger partial charge in [0.15, 0.2) is 0 Å². The number of hydrogen-bond acceptors (Lipinski definition) is 5. The molecule has 2 N–H and O–H groups in total. The van der Waals surface area contributed by atoms with Gasteiger partial charge in [-0.05, 0) is 12.0 Å². The van der Waals surface area contributed by atoms with Crippen molar-refractivity contribution in [1.82, 2.24) is 10.2 Å². The van der Waals surface area contributed by atoms with Crippen LogP contribution >= 0.6 is 0 Å². The zero-order valence-corrected chi connectivity index (χ0v) is 12.7. The molecule has 6 nitrogen and oxygen atoms in total. The maximum Gasteiger partial charge on any atom is 0.319 e. The minimum absolute atomic E-state index is 0.0414. The number of carboxylic acid groups (broad SMARTS) is 1. The van der Waals surface area contributed by atoms with Crippen molar-refractivity contribution in [2.24, 2.45) is 5.92 Å². The van der Waals surface area contributed by atoms with E-state index in [2.05, 4.69) is 10.1 Å². The van der Waals surface area contributed by atoms with Gasteiger partial charge in [0.05, 0.1) is 19.6 Å². The molecule has 0 bridgehead atoms. The molecular formula is C16H22N2O4. The minimum atomic E-state index is -0.818.